The molecule has 2 aromatic rings. The Morgan fingerprint density at radius 2 is 2.17 bits per heavy atom. The summed E-state index contributed by atoms with van der Waals surface area (Å²) >= 11 is 5.89. The SMILES string of the molecule is COc1c(C#N)c(NC=O)nn1-c1ccc(C(F)(F)F)cc1Cl. The Labute approximate surface area is 133 Å². The number of nitriles is 1. The number of carbonyl (C=O) groups is 1. The lowest BCUT2D eigenvalue weighted by atomic mass is 10.2. The number of rotatable bonds is 4. The highest BCUT2D eigenvalue weighted by atomic mass is 35.5. The van der Waals surface area contributed by atoms with Gasteiger partial charge < -0.3 is 10.1 Å². The Balaban J connectivity index is 2.63. The predicted octanol–water partition coefficient (Wildman–Crippen LogP) is 2.99. The van der Waals surface area contributed by atoms with Crippen LogP contribution in [-0.4, -0.2) is 23.3 Å². The number of methoxy groups -OCH3 is 1. The molecule has 0 unspecified atom stereocenters. The van der Waals surface area contributed by atoms with Crippen LogP contribution in [0.5, 0.6) is 5.88 Å². The van der Waals surface area contributed by atoms with Gasteiger partial charge in [-0.05, 0) is 18.2 Å². The van der Waals surface area contributed by atoms with Crippen molar-refractivity contribution in [3.05, 3.63) is 34.3 Å². The third-order valence-corrected chi connectivity index (χ3v) is 3.15. The quantitative estimate of drug-likeness (QED) is 0.865. The Morgan fingerprint density at radius 3 is 2.65 bits per heavy atom. The van der Waals surface area contributed by atoms with Crippen LogP contribution in [0.15, 0.2) is 18.2 Å². The van der Waals surface area contributed by atoms with Crippen molar-refractivity contribution in [3.8, 4) is 17.6 Å². The molecule has 6 nitrogen and oxygen atoms in total. The topological polar surface area (TPSA) is 79.9 Å². The van der Waals surface area contributed by atoms with Crippen LogP contribution in [0.2, 0.25) is 5.02 Å². The van der Waals surface area contributed by atoms with E-state index in [-0.39, 0.29) is 28.0 Å². The number of amides is 1. The number of nitrogens with one attached hydrogen (secondary N) is 1. The summed E-state index contributed by atoms with van der Waals surface area (Å²) in [6.45, 7) is 0. The molecule has 0 aliphatic rings. The van der Waals surface area contributed by atoms with Crippen molar-refractivity contribution in [2.24, 2.45) is 0 Å². The molecule has 10 heteroatoms. The summed E-state index contributed by atoms with van der Waals surface area (Å²) in [6, 6.07) is 4.44. The Morgan fingerprint density at radius 1 is 1.48 bits per heavy atom. The molecule has 0 spiro atoms. The lowest BCUT2D eigenvalue weighted by Gasteiger charge is -2.11. The van der Waals surface area contributed by atoms with Gasteiger partial charge >= 0.3 is 6.18 Å². The van der Waals surface area contributed by atoms with Crippen molar-refractivity contribution in [2.45, 2.75) is 6.18 Å². The number of nitrogens with zero attached hydrogens (tertiary/aromatic N) is 3. The number of alkyl halides is 3. The number of aromatic nitrogens is 2. The van der Waals surface area contributed by atoms with Gasteiger partial charge in [-0.1, -0.05) is 11.6 Å². The number of benzene rings is 1. The minimum Gasteiger partial charge on any atom is -0.480 e. The van der Waals surface area contributed by atoms with Gasteiger partial charge in [0.25, 0.3) is 0 Å². The van der Waals surface area contributed by atoms with Crippen LogP contribution in [0, 0.1) is 11.3 Å². The third kappa shape index (κ3) is 3.07. The number of ether oxygens (including phenoxy) is 1. The Bertz CT molecular complexity index is 796. The molecule has 1 aromatic heterocycles. The van der Waals surface area contributed by atoms with Crippen molar-refractivity contribution in [1.82, 2.24) is 9.78 Å². The maximum absolute atomic E-state index is 12.7. The van der Waals surface area contributed by atoms with Crippen molar-refractivity contribution in [2.75, 3.05) is 12.4 Å². The number of anilines is 1. The zero-order chi connectivity index (χ0) is 17.2. The zero-order valence-corrected chi connectivity index (χ0v) is 12.2. The number of carbonyl (C=O) groups excluding carboxylic acids is 1. The average Bonchev–Trinajstić information content (AvgIpc) is 2.83. The van der Waals surface area contributed by atoms with Gasteiger partial charge in [0.15, 0.2) is 11.4 Å². The van der Waals surface area contributed by atoms with Crippen LogP contribution in [0.1, 0.15) is 11.1 Å². The van der Waals surface area contributed by atoms with E-state index in [9.17, 15) is 18.0 Å². The van der Waals surface area contributed by atoms with E-state index in [2.05, 4.69) is 10.4 Å². The van der Waals surface area contributed by atoms with Crippen LogP contribution < -0.4 is 10.1 Å². The molecule has 120 valence electrons. The highest BCUT2D eigenvalue weighted by Gasteiger charge is 2.31. The highest BCUT2D eigenvalue weighted by Crippen LogP contribution is 2.35. The van der Waals surface area contributed by atoms with Gasteiger partial charge in [-0.2, -0.15) is 23.1 Å². The second kappa shape index (κ2) is 6.18. The summed E-state index contributed by atoms with van der Waals surface area (Å²) in [7, 11) is 1.25. The molecular formula is C13H8ClF3N4O2. The summed E-state index contributed by atoms with van der Waals surface area (Å²) in [6.07, 6.45) is -4.24. The molecule has 2 rings (SSSR count). The second-order valence-corrected chi connectivity index (χ2v) is 4.59. The van der Waals surface area contributed by atoms with Gasteiger partial charge in [-0.15, -0.1) is 5.10 Å². The molecule has 0 radical (unpaired) electrons. The van der Waals surface area contributed by atoms with Crippen LogP contribution in [0.3, 0.4) is 0 Å². The Hall–Kier alpha value is -2.73. The fourth-order valence-corrected chi connectivity index (χ4v) is 2.13. The molecule has 1 aromatic carbocycles. The summed E-state index contributed by atoms with van der Waals surface area (Å²) in [4.78, 5) is 10.5. The van der Waals surface area contributed by atoms with Gasteiger partial charge in [0.2, 0.25) is 12.3 Å². The van der Waals surface area contributed by atoms with E-state index in [1.54, 1.807) is 6.07 Å². The van der Waals surface area contributed by atoms with Gasteiger partial charge in [-0.25, -0.2) is 0 Å². The standard InChI is InChI=1S/C13H8ClF3N4O2/c1-23-12-8(5-18)11(19-6-22)20-21(12)10-3-2-7(4-9(10)14)13(15,16)17/h2-4,6H,1H3,(H,19,20,22). The second-order valence-electron chi connectivity index (χ2n) is 4.18. The maximum Gasteiger partial charge on any atom is 0.416 e. The molecule has 0 aliphatic heterocycles. The van der Waals surface area contributed by atoms with E-state index >= 15 is 0 Å². The first-order chi connectivity index (χ1) is 10.8. The lowest BCUT2D eigenvalue weighted by Crippen LogP contribution is -2.07. The van der Waals surface area contributed by atoms with Crippen LogP contribution >= 0.6 is 11.6 Å². The largest absolute Gasteiger partial charge is 0.480 e. The molecular weight excluding hydrogens is 337 g/mol. The molecule has 1 heterocycles. The number of hydrogen-bond acceptors (Lipinski definition) is 4. The Kier molecular flexibility index (Phi) is 4.47. The van der Waals surface area contributed by atoms with Gasteiger partial charge in [0, 0.05) is 0 Å². The van der Waals surface area contributed by atoms with Crippen molar-refractivity contribution >= 4 is 23.8 Å². The summed E-state index contributed by atoms with van der Waals surface area (Å²) in [5, 5.41) is 15.0. The minimum absolute atomic E-state index is 0.0620. The van der Waals surface area contributed by atoms with E-state index in [4.69, 9.17) is 21.6 Å². The van der Waals surface area contributed by atoms with Crippen molar-refractivity contribution in [1.29, 1.82) is 5.26 Å². The van der Waals surface area contributed by atoms with Crippen molar-refractivity contribution < 1.29 is 22.7 Å². The first-order valence-corrected chi connectivity index (χ1v) is 6.35. The minimum atomic E-state index is -4.54. The van der Waals surface area contributed by atoms with E-state index in [0.29, 0.717) is 6.41 Å². The van der Waals surface area contributed by atoms with Crippen LogP contribution in [-0.2, 0) is 11.0 Å². The first kappa shape index (κ1) is 16.6. The zero-order valence-electron chi connectivity index (χ0n) is 11.5. The number of hydrogen-bond donors (Lipinski definition) is 1. The van der Waals surface area contributed by atoms with E-state index in [0.717, 1.165) is 22.9 Å². The molecule has 0 atom stereocenters. The molecule has 0 saturated heterocycles. The number of halogens is 4. The monoisotopic (exact) mass is 344 g/mol. The summed E-state index contributed by atoms with van der Waals surface area (Å²) in [5.41, 5.74) is -0.952. The van der Waals surface area contributed by atoms with E-state index in [1.807, 2.05) is 0 Å². The molecule has 0 bridgehead atoms. The first-order valence-electron chi connectivity index (χ1n) is 5.98. The summed E-state index contributed by atoms with van der Waals surface area (Å²) < 4.78 is 44.1. The molecule has 0 fully saturated rings. The highest BCUT2D eigenvalue weighted by molar-refractivity contribution is 6.32. The van der Waals surface area contributed by atoms with Gasteiger partial charge in [-0.3, -0.25) is 4.79 Å². The molecule has 23 heavy (non-hydrogen) atoms. The van der Waals surface area contributed by atoms with E-state index in [1.165, 1.54) is 7.11 Å². The van der Waals surface area contributed by atoms with Gasteiger partial charge in [0.05, 0.1) is 23.4 Å². The molecule has 0 aliphatic carbocycles. The molecule has 1 amide bonds. The summed E-state index contributed by atoms with van der Waals surface area (Å²) in [5.74, 6) is -0.172. The normalized spacial score (nSPS) is 11.0. The third-order valence-electron chi connectivity index (χ3n) is 2.85. The van der Waals surface area contributed by atoms with E-state index < -0.39 is 11.7 Å². The fraction of sp³-hybridized carbons (Fsp3) is 0.154. The maximum atomic E-state index is 12.7. The molecule has 1 N–H and O–H groups in total. The lowest BCUT2D eigenvalue weighted by molar-refractivity contribution is -0.137. The smallest absolute Gasteiger partial charge is 0.416 e. The van der Waals surface area contributed by atoms with Crippen LogP contribution in [0.4, 0.5) is 19.0 Å². The predicted molar refractivity (Wildman–Crippen MR) is 74.5 cm³/mol. The average molecular weight is 345 g/mol. The van der Waals surface area contributed by atoms with Crippen molar-refractivity contribution in [3.63, 3.8) is 0 Å². The van der Waals surface area contributed by atoms with Crippen LogP contribution in [0.25, 0.3) is 5.69 Å². The fourth-order valence-electron chi connectivity index (χ4n) is 1.87. The van der Waals surface area contributed by atoms with Gasteiger partial charge in [0.1, 0.15) is 6.07 Å². The molecule has 0 saturated carbocycles.